The minimum absolute atomic E-state index is 0.292. The van der Waals surface area contributed by atoms with Crippen molar-refractivity contribution in [2.75, 3.05) is 13.1 Å². The molecule has 2 nitrogen and oxygen atoms in total. The molecular formula is C38H77NO. The van der Waals surface area contributed by atoms with Crippen LogP contribution < -0.4 is 0 Å². The second-order valence-corrected chi connectivity index (χ2v) is 12.9. The first-order chi connectivity index (χ1) is 19.7. The number of hydrogen-bond donors (Lipinski definition) is 1. The summed E-state index contributed by atoms with van der Waals surface area (Å²) in [5, 5.41) is 10.2. The maximum atomic E-state index is 10.2. The molecule has 2 heteroatoms. The summed E-state index contributed by atoms with van der Waals surface area (Å²) >= 11 is 0. The minimum Gasteiger partial charge on any atom is -0.379 e. The van der Waals surface area contributed by atoms with Crippen LogP contribution in [0.15, 0.2) is 12.2 Å². The van der Waals surface area contributed by atoms with E-state index >= 15 is 0 Å². The van der Waals surface area contributed by atoms with Crippen LogP contribution >= 0.6 is 0 Å². The Morgan fingerprint density at radius 2 is 0.650 bits per heavy atom. The summed E-state index contributed by atoms with van der Waals surface area (Å²) in [5.74, 6) is 0. The van der Waals surface area contributed by atoms with Gasteiger partial charge in [0.25, 0.3) is 0 Å². The zero-order valence-electron chi connectivity index (χ0n) is 28.3. The molecule has 0 aliphatic carbocycles. The quantitative estimate of drug-likeness (QED) is 0.0478. The summed E-state index contributed by atoms with van der Waals surface area (Å²) in [6.07, 6.45) is 46.2. The predicted octanol–water partition coefficient (Wildman–Crippen LogP) is 12.9. The number of rotatable bonds is 34. The van der Waals surface area contributed by atoms with E-state index in [-0.39, 0.29) is 6.23 Å². The standard InChI is InChI=1S/C38H77NO/c1-4-6-8-10-12-14-16-18-20-22-24-26-28-30-32-34-36-39(38(3)40)37-35-33-31-29-27-25-23-21-19-17-15-13-11-9-7-5-2/h18,20,38,40H,4-17,19,21-37H2,1-3H3/b20-18-. The molecule has 0 aliphatic rings. The number of nitrogens with zero attached hydrogens (tertiary/aromatic N) is 1. The molecule has 0 saturated carbocycles. The van der Waals surface area contributed by atoms with E-state index in [2.05, 4.69) is 30.9 Å². The fourth-order valence-corrected chi connectivity index (χ4v) is 5.91. The summed E-state index contributed by atoms with van der Waals surface area (Å²) < 4.78 is 0. The lowest BCUT2D eigenvalue weighted by Crippen LogP contribution is -2.34. The smallest absolute Gasteiger partial charge is 0.104 e. The van der Waals surface area contributed by atoms with Gasteiger partial charge in [-0.05, 0) is 45.4 Å². The first-order valence-electron chi connectivity index (χ1n) is 18.8. The van der Waals surface area contributed by atoms with Crippen LogP contribution in [-0.2, 0) is 0 Å². The van der Waals surface area contributed by atoms with E-state index < -0.39 is 0 Å². The monoisotopic (exact) mass is 564 g/mol. The van der Waals surface area contributed by atoms with Crippen LogP contribution in [0.25, 0.3) is 0 Å². The Morgan fingerprint density at radius 1 is 0.400 bits per heavy atom. The van der Waals surface area contributed by atoms with Crippen LogP contribution in [0.4, 0.5) is 0 Å². The van der Waals surface area contributed by atoms with Crippen LogP contribution in [0.5, 0.6) is 0 Å². The van der Waals surface area contributed by atoms with Crippen molar-refractivity contribution in [2.45, 2.75) is 220 Å². The van der Waals surface area contributed by atoms with Crippen LogP contribution in [0.1, 0.15) is 213 Å². The SMILES string of the molecule is CCCCCCCC/C=C\CCCCCCCCN(CCCCCCCCCCCCCCCCCC)C(C)O. The number of allylic oxidation sites excluding steroid dienone is 2. The van der Waals surface area contributed by atoms with Gasteiger partial charge in [0.15, 0.2) is 0 Å². The third kappa shape index (κ3) is 32.2. The van der Waals surface area contributed by atoms with Crippen molar-refractivity contribution in [2.24, 2.45) is 0 Å². The molecule has 0 spiro atoms. The first kappa shape index (κ1) is 39.7. The van der Waals surface area contributed by atoms with Gasteiger partial charge in [0.1, 0.15) is 6.23 Å². The molecule has 1 atom stereocenters. The molecule has 40 heavy (non-hydrogen) atoms. The van der Waals surface area contributed by atoms with E-state index in [4.69, 9.17) is 0 Å². The molecule has 0 bridgehead atoms. The van der Waals surface area contributed by atoms with Crippen molar-refractivity contribution in [1.82, 2.24) is 4.90 Å². The van der Waals surface area contributed by atoms with Gasteiger partial charge < -0.3 is 5.11 Å². The Kier molecular flexibility index (Phi) is 34.6. The molecule has 0 rings (SSSR count). The lowest BCUT2D eigenvalue weighted by molar-refractivity contribution is 0.0163. The molecule has 0 amide bonds. The van der Waals surface area contributed by atoms with Crippen molar-refractivity contribution < 1.29 is 5.11 Å². The second-order valence-electron chi connectivity index (χ2n) is 12.9. The number of hydrogen-bond acceptors (Lipinski definition) is 2. The molecule has 0 aromatic heterocycles. The van der Waals surface area contributed by atoms with E-state index in [0.717, 1.165) is 13.1 Å². The zero-order chi connectivity index (χ0) is 29.2. The zero-order valence-corrected chi connectivity index (χ0v) is 28.3. The maximum Gasteiger partial charge on any atom is 0.104 e. The summed E-state index contributed by atoms with van der Waals surface area (Å²) in [6, 6.07) is 0. The largest absolute Gasteiger partial charge is 0.379 e. The molecule has 0 saturated heterocycles. The van der Waals surface area contributed by atoms with Gasteiger partial charge in [-0.15, -0.1) is 0 Å². The molecular weight excluding hydrogens is 486 g/mol. The van der Waals surface area contributed by atoms with Gasteiger partial charge in [0.05, 0.1) is 0 Å². The molecule has 0 heterocycles. The third-order valence-electron chi connectivity index (χ3n) is 8.78. The lowest BCUT2D eigenvalue weighted by atomic mass is 10.0. The number of aliphatic hydroxyl groups is 1. The Bertz CT molecular complexity index is 474. The molecule has 0 radical (unpaired) electrons. The second kappa shape index (κ2) is 34.9. The van der Waals surface area contributed by atoms with Gasteiger partial charge in [-0.25, -0.2) is 0 Å². The van der Waals surface area contributed by atoms with E-state index in [1.807, 2.05) is 6.92 Å². The predicted molar refractivity (Wildman–Crippen MR) is 182 cm³/mol. The highest BCUT2D eigenvalue weighted by molar-refractivity contribution is 4.81. The Labute approximate surface area is 254 Å². The van der Waals surface area contributed by atoms with Crippen molar-refractivity contribution in [3.63, 3.8) is 0 Å². The molecule has 1 N–H and O–H groups in total. The summed E-state index contributed by atoms with van der Waals surface area (Å²) in [7, 11) is 0. The average molecular weight is 564 g/mol. The Hall–Kier alpha value is -0.340. The van der Waals surface area contributed by atoms with E-state index in [1.165, 1.54) is 193 Å². The van der Waals surface area contributed by atoms with Gasteiger partial charge in [-0.3, -0.25) is 4.90 Å². The highest BCUT2D eigenvalue weighted by Gasteiger charge is 2.09. The first-order valence-corrected chi connectivity index (χ1v) is 18.8. The fourth-order valence-electron chi connectivity index (χ4n) is 5.91. The topological polar surface area (TPSA) is 23.5 Å². The fraction of sp³-hybridized carbons (Fsp3) is 0.947. The van der Waals surface area contributed by atoms with Gasteiger partial charge in [-0.2, -0.15) is 0 Å². The van der Waals surface area contributed by atoms with Crippen LogP contribution in [0.3, 0.4) is 0 Å². The molecule has 0 fully saturated rings. The molecule has 1 unspecified atom stereocenters. The van der Waals surface area contributed by atoms with E-state index in [1.54, 1.807) is 0 Å². The molecule has 0 aromatic rings. The van der Waals surface area contributed by atoms with E-state index in [0.29, 0.717) is 0 Å². The van der Waals surface area contributed by atoms with Gasteiger partial charge in [0, 0.05) is 13.1 Å². The van der Waals surface area contributed by atoms with Crippen LogP contribution in [0, 0.1) is 0 Å². The maximum absolute atomic E-state index is 10.2. The number of unbranched alkanes of at least 4 members (excludes halogenated alkanes) is 27. The Balaban J connectivity index is 3.41. The number of aliphatic hydroxyl groups excluding tert-OH is 1. The van der Waals surface area contributed by atoms with Crippen molar-refractivity contribution in [3.05, 3.63) is 12.2 Å². The van der Waals surface area contributed by atoms with E-state index in [9.17, 15) is 5.11 Å². The summed E-state index contributed by atoms with van der Waals surface area (Å²) in [4.78, 5) is 2.30. The normalized spacial score (nSPS) is 12.7. The van der Waals surface area contributed by atoms with Gasteiger partial charge in [-0.1, -0.05) is 180 Å². The molecule has 0 aromatic carbocycles. The van der Waals surface area contributed by atoms with Crippen LogP contribution in [0.2, 0.25) is 0 Å². The lowest BCUT2D eigenvalue weighted by Gasteiger charge is -2.25. The summed E-state index contributed by atoms with van der Waals surface area (Å²) in [5.41, 5.74) is 0. The van der Waals surface area contributed by atoms with Crippen molar-refractivity contribution in [3.8, 4) is 0 Å². The highest BCUT2D eigenvalue weighted by Crippen LogP contribution is 2.15. The average Bonchev–Trinajstić information content (AvgIpc) is 2.95. The van der Waals surface area contributed by atoms with Gasteiger partial charge >= 0.3 is 0 Å². The Morgan fingerprint density at radius 3 is 0.925 bits per heavy atom. The molecule has 0 aliphatic heterocycles. The van der Waals surface area contributed by atoms with Crippen molar-refractivity contribution in [1.29, 1.82) is 0 Å². The van der Waals surface area contributed by atoms with Crippen molar-refractivity contribution >= 4 is 0 Å². The third-order valence-corrected chi connectivity index (χ3v) is 8.78. The summed E-state index contributed by atoms with van der Waals surface area (Å²) in [6.45, 7) is 8.68. The minimum atomic E-state index is -0.292. The highest BCUT2D eigenvalue weighted by atomic mass is 16.3. The van der Waals surface area contributed by atoms with Crippen LogP contribution in [-0.4, -0.2) is 29.3 Å². The van der Waals surface area contributed by atoms with Gasteiger partial charge in [0.2, 0.25) is 0 Å². The molecule has 240 valence electrons.